The van der Waals surface area contributed by atoms with Crippen LogP contribution in [0.2, 0.25) is 0 Å². The zero-order chi connectivity index (χ0) is 26.1. The maximum Gasteiger partial charge on any atom is 0.259 e. The first-order valence-electron chi connectivity index (χ1n) is 12.6. The van der Waals surface area contributed by atoms with E-state index >= 15 is 0 Å². The van der Waals surface area contributed by atoms with Crippen LogP contribution in [-0.4, -0.2) is 57.6 Å². The van der Waals surface area contributed by atoms with E-state index in [1.54, 1.807) is 25.3 Å². The number of benzene rings is 1. The Hall–Kier alpha value is -3.67. The molecular weight excluding hydrogens is 494 g/mol. The van der Waals surface area contributed by atoms with Crippen LogP contribution in [0.1, 0.15) is 65.8 Å². The van der Waals surface area contributed by atoms with Gasteiger partial charge in [0.15, 0.2) is 11.5 Å². The summed E-state index contributed by atoms with van der Waals surface area (Å²) >= 11 is 0. The largest absolute Gasteiger partial charge is 0.381 e. The van der Waals surface area contributed by atoms with Crippen molar-refractivity contribution < 1.29 is 18.0 Å². The van der Waals surface area contributed by atoms with E-state index in [2.05, 4.69) is 15.1 Å². The highest BCUT2D eigenvalue weighted by atomic mass is 32.2. The number of carbonyl (C=O) groups excluding carboxylic acids is 2. The highest BCUT2D eigenvalue weighted by Gasteiger charge is 2.40. The maximum absolute atomic E-state index is 13.4. The number of hydrogen-bond acceptors (Lipinski definition) is 7. The zero-order valence-electron chi connectivity index (χ0n) is 20.7. The van der Waals surface area contributed by atoms with Crippen molar-refractivity contribution in [1.82, 2.24) is 24.8 Å². The van der Waals surface area contributed by atoms with Crippen LogP contribution >= 0.6 is 0 Å². The number of rotatable bonds is 8. The quantitative estimate of drug-likeness (QED) is 0.410. The molecule has 3 heterocycles. The van der Waals surface area contributed by atoms with E-state index in [-0.39, 0.29) is 46.7 Å². The molecule has 0 spiro atoms. The summed E-state index contributed by atoms with van der Waals surface area (Å²) in [4.78, 5) is 32.8. The van der Waals surface area contributed by atoms with Crippen molar-refractivity contribution in [2.45, 2.75) is 58.2 Å². The third-order valence-electron chi connectivity index (χ3n) is 7.42. The van der Waals surface area contributed by atoms with Crippen LogP contribution in [0.5, 0.6) is 0 Å². The molecule has 194 valence electrons. The molecule has 0 unspecified atom stereocenters. The predicted octanol–water partition coefficient (Wildman–Crippen LogP) is 2.39. The Kier molecular flexibility index (Phi) is 5.41. The van der Waals surface area contributed by atoms with E-state index < -0.39 is 10.0 Å². The number of fused-ring (bicyclic) bond motifs is 2. The fourth-order valence-corrected chi connectivity index (χ4v) is 5.56. The molecular formula is C25H29N7O4S. The normalized spacial score (nSPS) is 18.2. The average Bonchev–Trinajstić information content (AvgIpc) is 3.78. The molecule has 6 rings (SSSR count). The first-order valence-corrected chi connectivity index (χ1v) is 14.2. The van der Waals surface area contributed by atoms with Crippen LogP contribution in [0.4, 0.5) is 11.5 Å². The van der Waals surface area contributed by atoms with Crippen LogP contribution in [-0.2, 0) is 16.6 Å². The van der Waals surface area contributed by atoms with E-state index in [1.807, 2.05) is 17.9 Å². The summed E-state index contributed by atoms with van der Waals surface area (Å²) in [5.41, 5.74) is 9.07. The number of nitrogen functional groups attached to an aromatic ring is 1. The molecule has 2 fully saturated rings. The lowest BCUT2D eigenvalue weighted by Crippen LogP contribution is -2.35. The number of hydrogen-bond donors (Lipinski definition) is 3. The standard InChI is InChI=1S/C25H29N7O4S/c1-3-37(35,36)30-19-11-15(10-16-12-31(25(34)20(16)19)13(2)14-4-5-14)18-8-9-32-23(28-18)21(22(26)29-32)24(33)27-17-6-7-17/h8-11,13-14,17,30H,3-7,12H2,1-2H3,(H2,26,29)(H,27,33)/t13-/m0/s1. The molecule has 1 atom stereocenters. The van der Waals surface area contributed by atoms with E-state index in [0.29, 0.717) is 34.9 Å². The number of nitrogens with one attached hydrogen (secondary N) is 2. The summed E-state index contributed by atoms with van der Waals surface area (Å²) in [7, 11) is -3.64. The summed E-state index contributed by atoms with van der Waals surface area (Å²) in [5.74, 6) is -0.0455. The summed E-state index contributed by atoms with van der Waals surface area (Å²) < 4.78 is 29.1. The molecule has 0 saturated heterocycles. The third kappa shape index (κ3) is 4.28. The van der Waals surface area contributed by atoms with Crippen molar-refractivity contribution in [3.05, 3.63) is 41.1 Å². The van der Waals surface area contributed by atoms with Gasteiger partial charge < -0.3 is 16.0 Å². The second-order valence-corrected chi connectivity index (χ2v) is 12.2. The molecule has 12 heteroatoms. The van der Waals surface area contributed by atoms with Crippen molar-refractivity contribution >= 4 is 39.0 Å². The van der Waals surface area contributed by atoms with Crippen molar-refractivity contribution in [2.24, 2.45) is 5.92 Å². The Balaban J connectivity index is 1.44. The van der Waals surface area contributed by atoms with Gasteiger partial charge in [-0.3, -0.25) is 14.3 Å². The molecule has 2 aromatic heterocycles. The third-order valence-corrected chi connectivity index (χ3v) is 8.72. The zero-order valence-corrected chi connectivity index (χ0v) is 21.5. The molecule has 3 aliphatic rings. The van der Waals surface area contributed by atoms with Crippen molar-refractivity contribution in [3.63, 3.8) is 0 Å². The number of amides is 2. The summed E-state index contributed by atoms with van der Waals surface area (Å²) in [6.45, 7) is 3.99. The minimum Gasteiger partial charge on any atom is -0.381 e. The lowest BCUT2D eigenvalue weighted by Gasteiger charge is -2.24. The Morgan fingerprint density at radius 2 is 2.00 bits per heavy atom. The molecule has 11 nitrogen and oxygen atoms in total. The average molecular weight is 524 g/mol. The first kappa shape index (κ1) is 23.7. The number of carbonyl (C=O) groups is 2. The smallest absolute Gasteiger partial charge is 0.259 e. The van der Waals surface area contributed by atoms with E-state index in [1.165, 1.54) is 4.52 Å². The molecule has 0 radical (unpaired) electrons. The Bertz CT molecular complexity index is 1560. The molecule has 2 saturated carbocycles. The summed E-state index contributed by atoms with van der Waals surface area (Å²) in [6, 6.07) is 5.46. The minimum atomic E-state index is -3.64. The van der Waals surface area contributed by atoms with Crippen LogP contribution in [0.15, 0.2) is 24.4 Å². The van der Waals surface area contributed by atoms with Gasteiger partial charge in [-0.1, -0.05) is 0 Å². The van der Waals surface area contributed by atoms with Gasteiger partial charge in [0.1, 0.15) is 5.56 Å². The predicted molar refractivity (Wildman–Crippen MR) is 138 cm³/mol. The van der Waals surface area contributed by atoms with Gasteiger partial charge in [-0.15, -0.1) is 5.10 Å². The highest BCUT2D eigenvalue weighted by molar-refractivity contribution is 7.92. The van der Waals surface area contributed by atoms with Crippen molar-refractivity contribution in [1.29, 1.82) is 0 Å². The molecule has 2 amide bonds. The molecule has 1 aliphatic heterocycles. The monoisotopic (exact) mass is 523 g/mol. The second-order valence-electron chi connectivity index (χ2n) is 10.2. The van der Waals surface area contributed by atoms with Gasteiger partial charge in [0.25, 0.3) is 11.8 Å². The van der Waals surface area contributed by atoms with Gasteiger partial charge >= 0.3 is 0 Å². The number of aromatic nitrogens is 3. The van der Waals surface area contributed by atoms with Gasteiger partial charge in [-0.2, -0.15) is 0 Å². The van der Waals surface area contributed by atoms with Crippen LogP contribution in [0, 0.1) is 5.92 Å². The number of nitrogens with zero attached hydrogens (tertiary/aromatic N) is 4. The van der Waals surface area contributed by atoms with Crippen molar-refractivity contribution in [3.8, 4) is 11.3 Å². The molecule has 4 N–H and O–H groups in total. The lowest BCUT2D eigenvalue weighted by atomic mass is 10.0. The molecule has 37 heavy (non-hydrogen) atoms. The lowest BCUT2D eigenvalue weighted by molar-refractivity contribution is 0.0698. The van der Waals surface area contributed by atoms with Crippen LogP contribution in [0.25, 0.3) is 16.9 Å². The van der Waals surface area contributed by atoms with Gasteiger partial charge in [0.2, 0.25) is 10.0 Å². The number of anilines is 2. The molecule has 1 aromatic carbocycles. The van der Waals surface area contributed by atoms with Gasteiger partial charge in [0, 0.05) is 30.4 Å². The van der Waals surface area contributed by atoms with Gasteiger partial charge in [0.05, 0.1) is 22.7 Å². The first-order chi connectivity index (χ1) is 17.6. The van der Waals surface area contributed by atoms with E-state index in [9.17, 15) is 18.0 Å². The van der Waals surface area contributed by atoms with E-state index in [0.717, 1.165) is 31.2 Å². The maximum atomic E-state index is 13.4. The van der Waals surface area contributed by atoms with Crippen LogP contribution in [0.3, 0.4) is 0 Å². The van der Waals surface area contributed by atoms with Crippen molar-refractivity contribution in [2.75, 3.05) is 16.2 Å². The minimum absolute atomic E-state index is 0.0794. The molecule has 3 aromatic rings. The summed E-state index contributed by atoms with van der Waals surface area (Å²) in [6.07, 6.45) is 5.72. The summed E-state index contributed by atoms with van der Waals surface area (Å²) in [5, 5.41) is 7.15. The fraction of sp³-hybridized carbons (Fsp3) is 0.440. The number of sulfonamides is 1. The highest BCUT2D eigenvalue weighted by Crippen LogP contribution is 2.41. The second kappa shape index (κ2) is 8.44. The van der Waals surface area contributed by atoms with Crippen LogP contribution < -0.4 is 15.8 Å². The van der Waals surface area contributed by atoms with Gasteiger partial charge in [-0.05, 0) is 69.2 Å². The number of nitrogens with two attached hydrogens (primary N) is 1. The molecule has 0 bridgehead atoms. The Morgan fingerprint density at radius 1 is 1.24 bits per heavy atom. The topological polar surface area (TPSA) is 152 Å². The molecule has 2 aliphatic carbocycles. The fourth-order valence-electron chi connectivity index (χ4n) is 4.92. The SMILES string of the molecule is CCS(=O)(=O)Nc1cc(-c2ccn3nc(N)c(C(=O)NC4CC4)c3n2)cc2c1C(=O)N([C@@H](C)C1CC1)C2. The van der Waals surface area contributed by atoms with Gasteiger partial charge in [-0.25, -0.2) is 17.9 Å². The Labute approximate surface area is 214 Å². The van der Waals surface area contributed by atoms with E-state index in [4.69, 9.17) is 10.7 Å². The Morgan fingerprint density at radius 3 is 2.68 bits per heavy atom.